The largest absolute Gasteiger partial charge is 0.486 e. The first-order valence-corrected chi connectivity index (χ1v) is 4.35. The Morgan fingerprint density at radius 3 is 2.64 bits per heavy atom. The summed E-state index contributed by atoms with van der Waals surface area (Å²) in [6.45, 7) is 3.58. The Bertz CT molecular complexity index is 345. The van der Waals surface area contributed by atoms with Crippen molar-refractivity contribution in [1.29, 1.82) is 0 Å². The Balaban J connectivity index is 2.83. The highest BCUT2D eigenvalue weighted by Gasteiger charge is 2.10. The number of hydrogen-bond donors (Lipinski definition) is 0. The number of benzene rings is 1. The smallest absolute Gasteiger partial charge is 0.200 e. The van der Waals surface area contributed by atoms with Crippen LogP contribution >= 0.6 is 0 Å². The van der Waals surface area contributed by atoms with Crippen LogP contribution in [-0.4, -0.2) is 6.61 Å². The average Bonchev–Trinajstić information content (AvgIpc) is 2.18. The molecule has 0 atom stereocenters. The molecule has 0 amide bonds. The van der Waals surface area contributed by atoms with Crippen molar-refractivity contribution in [3.05, 3.63) is 41.5 Å². The molecule has 0 aromatic heterocycles. The lowest BCUT2D eigenvalue weighted by molar-refractivity contribution is 0.331. The highest BCUT2D eigenvalue weighted by Crippen LogP contribution is 2.21. The summed E-state index contributed by atoms with van der Waals surface area (Å²) >= 11 is 0. The van der Waals surface area contributed by atoms with Gasteiger partial charge >= 0.3 is 0 Å². The fourth-order valence-electron chi connectivity index (χ4n) is 0.974. The summed E-state index contributed by atoms with van der Waals surface area (Å²) in [6, 6.07) is 2.92. The van der Waals surface area contributed by atoms with Gasteiger partial charge in [0.1, 0.15) is 6.61 Å². The summed E-state index contributed by atoms with van der Waals surface area (Å²) in [5.74, 6) is -1.82. The molecule has 1 rings (SSSR count). The molecule has 3 heteroatoms. The maximum Gasteiger partial charge on any atom is 0.200 e. The number of rotatable bonds is 3. The van der Waals surface area contributed by atoms with Crippen LogP contribution in [0.25, 0.3) is 0 Å². The molecule has 0 unspecified atom stereocenters. The first-order valence-electron chi connectivity index (χ1n) is 4.35. The van der Waals surface area contributed by atoms with Crippen LogP contribution < -0.4 is 4.74 Å². The zero-order chi connectivity index (χ0) is 10.6. The van der Waals surface area contributed by atoms with E-state index in [1.165, 1.54) is 19.1 Å². The molecule has 0 fully saturated rings. The van der Waals surface area contributed by atoms with Crippen molar-refractivity contribution in [3.63, 3.8) is 0 Å². The first kappa shape index (κ1) is 10.7. The Morgan fingerprint density at radius 1 is 1.29 bits per heavy atom. The summed E-state index contributed by atoms with van der Waals surface area (Å²) in [5, 5.41) is 0. The maximum atomic E-state index is 13.2. The van der Waals surface area contributed by atoms with Crippen molar-refractivity contribution in [2.45, 2.75) is 13.8 Å². The minimum atomic E-state index is -0.922. The minimum absolute atomic E-state index is 0.0498. The van der Waals surface area contributed by atoms with E-state index in [1.807, 2.05) is 6.92 Å². The van der Waals surface area contributed by atoms with Gasteiger partial charge in [-0.1, -0.05) is 18.2 Å². The van der Waals surface area contributed by atoms with Gasteiger partial charge in [0, 0.05) is 0 Å². The fraction of sp³-hybridized carbons (Fsp3) is 0.273. The van der Waals surface area contributed by atoms with Crippen LogP contribution in [0.15, 0.2) is 24.3 Å². The summed E-state index contributed by atoms with van der Waals surface area (Å²) in [4.78, 5) is 0. The van der Waals surface area contributed by atoms with Crippen molar-refractivity contribution in [2.24, 2.45) is 0 Å². The van der Waals surface area contributed by atoms with Crippen LogP contribution in [0.1, 0.15) is 12.5 Å². The van der Waals surface area contributed by atoms with Gasteiger partial charge in [0.25, 0.3) is 0 Å². The van der Waals surface area contributed by atoms with Crippen molar-refractivity contribution in [3.8, 4) is 5.75 Å². The van der Waals surface area contributed by atoms with Crippen molar-refractivity contribution >= 4 is 0 Å². The molecule has 1 aromatic rings. The molecule has 0 saturated carbocycles. The van der Waals surface area contributed by atoms with Gasteiger partial charge in [-0.05, 0) is 25.5 Å². The number of halogens is 2. The van der Waals surface area contributed by atoms with Gasteiger partial charge in [-0.25, -0.2) is 4.39 Å². The highest BCUT2D eigenvalue weighted by atomic mass is 19.2. The number of ether oxygens (including phenoxy) is 1. The SMILES string of the molecule is C/C=C/COc1ccc(C)c(F)c1F. The van der Waals surface area contributed by atoms with Crippen LogP contribution in [0.5, 0.6) is 5.75 Å². The topological polar surface area (TPSA) is 9.23 Å². The lowest BCUT2D eigenvalue weighted by atomic mass is 10.2. The number of allylic oxidation sites excluding steroid dienone is 1. The first-order chi connectivity index (χ1) is 6.66. The van der Waals surface area contributed by atoms with E-state index in [2.05, 4.69) is 0 Å². The molecule has 0 aliphatic heterocycles. The molecular formula is C11H12F2O. The van der Waals surface area contributed by atoms with E-state index in [4.69, 9.17) is 4.74 Å². The van der Waals surface area contributed by atoms with Crippen LogP contribution in [-0.2, 0) is 0 Å². The summed E-state index contributed by atoms with van der Waals surface area (Å²) in [7, 11) is 0. The maximum absolute atomic E-state index is 13.2. The predicted octanol–water partition coefficient (Wildman–Crippen LogP) is 3.23. The lowest BCUT2D eigenvalue weighted by Crippen LogP contribution is -1.99. The van der Waals surface area contributed by atoms with Gasteiger partial charge in [-0.15, -0.1) is 0 Å². The quantitative estimate of drug-likeness (QED) is 0.677. The molecule has 0 aliphatic carbocycles. The normalized spacial score (nSPS) is 10.9. The molecule has 0 spiro atoms. The fourth-order valence-corrected chi connectivity index (χ4v) is 0.974. The summed E-state index contributed by atoms with van der Waals surface area (Å²) in [6.07, 6.45) is 3.50. The second kappa shape index (κ2) is 4.74. The second-order valence-corrected chi connectivity index (χ2v) is 2.89. The van der Waals surface area contributed by atoms with Gasteiger partial charge in [0.2, 0.25) is 5.82 Å². The van der Waals surface area contributed by atoms with Crippen LogP contribution in [0.2, 0.25) is 0 Å². The molecule has 14 heavy (non-hydrogen) atoms. The molecule has 0 aliphatic rings. The average molecular weight is 198 g/mol. The third-order valence-electron chi connectivity index (χ3n) is 1.81. The molecule has 76 valence electrons. The van der Waals surface area contributed by atoms with E-state index in [9.17, 15) is 8.78 Å². The van der Waals surface area contributed by atoms with Gasteiger partial charge in [-0.2, -0.15) is 4.39 Å². The van der Waals surface area contributed by atoms with Gasteiger partial charge in [0.05, 0.1) is 0 Å². The van der Waals surface area contributed by atoms with E-state index in [0.29, 0.717) is 0 Å². The Labute approximate surface area is 82.0 Å². The van der Waals surface area contributed by atoms with Crippen LogP contribution in [0, 0.1) is 18.6 Å². The van der Waals surface area contributed by atoms with Gasteiger partial charge in [0.15, 0.2) is 11.6 Å². The molecule has 0 bridgehead atoms. The Morgan fingerprint density at radius 2 is 2.00 bits per heavy atom. The molecule has 1 aromatic carbocycles. The van der Waals surface area contributed by atoms with E-state index >= 15 is 0 Å². The minimum Gasteiger partial charge on any atom is -0.486 e. The van der Waals surface area contributed by atoms with Crippen LogP contribution in [0.3, 0.4) is 0 Å². The van der Waals surface area contributed by atoms with E-state index in [-0.39, 0.29) is 17.9 Å². The number of aryl methyl sites for hydroxylation is 1. The standard InChI is InChI=1S/C11H12F2O/c1-3-4-7-14-9-6-5-8(2)10(12)11(9)13/h3-6H,7H2,1-2H3/b4-3+. The molecule has 0 saturated heterocycles. The molecule has 1 nitrogen and oxygen atoms in total. The summed E-state index contributed by atoms with van der Waals surface area (Å²) < 4.78 is 31.2. The van der Waals surface area contributed by atoms with Crippen LogP contribution in [0.4, 0.5) is 8.78 Å². The molecular weight excluding hydrogens is 186 g/mol. The number of hydrogen-bond acceptors (Lipinski definition) is 1. The Kier molecular flexibility index (Phi) is 3.63. The third kappa shape index (κ3) is 2.31. The second-order valence-electron chi connectivity index (χ2n) is 2.89. The zero-order valence-electron chi connectivity index (χ0n) is 8.18. The molecule has 0 N–H and O–H groups in total. The monoisotopic (exact) mass is 198 g/mol. The lowest BCUT2D eigenvalue weighted by Gasteiger charge is -2.06. The van der Waals surface area contributed by atoms with Crippen molar-refractivity contribution in [1.82, 2.24) is 0 Å². The van der Waals surface area contributed by atoms with Crippen molar-refractivity contribution in [2.75, 3.05) is 6.61 Å². The van der Waals surface area contributed by atoms with Gasteiger partial charge < -0.3 is 4.74 Å². The van der Waals surface area contributed by atoms with Gasteiger partial charge in [-0.3, -0.25) is 0 Å². The van der Waals surface area contributed by atoms with E-state index in [1.54, 1.807) is 12.2 Å². The van der Waals surface area contributed by atoms with E-state index < -0.39 is 11.6 Å². The van der Waals surface area contributed by atoms with Crippen molar-refractivity contribution < 1.29 is 13.5 Å². The predicted molar refractivity (Wildman–Crippen MR) is 51.4 cm³/mol. The summed E-state index contributed by atoms with van der Waals surface area (Å²) in [5.41, 5.74) is 0.279. The third-order valence-corrected chi connectivity index (χ3v) is 1.81. The highest BCUT2D eigenvalue weighted by molar-refractivity contribution is 5.30. The molecule has 0 heterocycles. The Hall–Kier alpha value is -1.38. The zero-order valence-corrected chi connectivity index (χ0v) is 8.18. The van der Waals surface area contributed by atoms with E-state index in [0.717, 1.165) is 0 Å². The molecule has 0 radical (unpaired) electrons.